The maximum absolute atomic E-state index is 5.43. The number of rotatable bonds is 5. The van der Waals surface area contributed by atoms with Gasteiger partial charge in [0.15, 0.2) is 0 Å². The summed E-state index contributed by atoms with van der Waals surface area (Å²) in [5.74, 6) is 0.854. The van der Waals surface area contributed by atoms with Gasteiger partial charge < -0.3 is 4.74 Å². The first-order valence-corrected chi connectivity index (χ1v) is 10.8. The van der Waals surface area contributed by atoms with Crippen molar-refractivity contribution < 1.29 is 4.74 Å². The molecule has 5 aromatic rings. The lowest BCUT2D eigenvalue weighted by atomic mass is 9.85. The van der Waals surface area contributed by atoms with E-state index in [1.54, 1.807) is 7.11 Å². The van der Waals surface area contributed by atoms with E-state index >= 15 is 0 Å². The first-order valence-electron chi connectivity index (χ1n) is 10.8. The van der Waals surface area contributed by atoms with Crippen LogP contribution in [0.1, 0.15) is 22.3 Å². The Bertz CT molecular complexity index is 1320. The number of methoxy groups -OCH3 is 1. The van der Waals surface area contributed by atoms with Gasteiger partial charge >= 0.3 is 0 Å². The van der Waals surface area contributed by atoms with E-state index in [9.17, 15) is 0 Å². The van der Waals surface area contributed by atoms with Crippen LogP contribution >= 0.6 is 0 Å². The van der Waals surface area contributed by atoms with Gasteiger partial charge in [-0.15, -0.1) is 0 Å². The van der Waals surface area contributed by atoms with Crippen LogP contribution in [0.15, 0.2) is 127 Å². The quantitative estimate of drug-likeness (QED) is 0.267. The van der Waals surface area contributed by atoms with Crippen LogP contribution < -0.4 is 4.74 Å². The summed E-state index contributed by atoms with van der Waals surface area (Å²) in [5, 5.41) is 2.47. The van der Waals surface area contributed by atoms with Gasteiger partial charge in [0.1, 0.15) is 5.75 Å². The molecule has 0 saturated carbocycles. The molecule has 5 rings (SSSR count). The molecule has 0 unspecified atom stereocenters. The highest BCUT2D eigenvalue weighted by molar-refractivity contribution is 6.05. The lowest BCUT2D eigenvalue weighted by Crippen LogP contribution is -1.98. The van der Waals surface area contributed by atoms with Crippen molar-refractivity contribution in [3.05, 3.63) is 150 Å². The third-order valence-electron chi connectivity index (χ3n) is 5.79. The highest BCUT2D eigenvalue weighted by Gasteiger charge is 2.16. The maximum Gasteiger partial charge on any atom is 0.118 e. The Hall–Kier alpha value is -4.10. The predicted molar refractivity (Wildman–Crippen MR) is 135 cm³/mol. The fourth-order valence-electron chi connectivity index (χ4n) is 4.22. The molecular formula is C31H24O. The van der Waals surface area contributed by atoms with Gasteiger partial charge in [-0.05, 0) is 62.4 Å². The number of hydrogen-bond acceptors (Lipinski definition) is 1. The molecule has 32 heavy (non-hydrogen) atoms. The molecule has 0 fully saturated rings. The number of benzene rings is 5. The average Bonchev–Trinajstić information content (AvgIpc) is 2.88. The van der Waals surface area contributed by atoms with Crippen molar-refractivity contribution in [1.29, 1.82) is 0 Å². The molecule has 1 heteroatoms. The Labute approximate surface area is 189 Å². The molecule has 0 atom stereocenters. The molecular weight excluding hydrogens is 388 g/mol. The van der Waals surface area contributed by atoms with Crippen LogP contribution in [-0.2, 0) is 0 Å². The van der Waals surface area contributed by atoms with Crippen molar-refractivity contribution in [2.75, 3.05) is 7.11 Å². The molecule has 1 nitrogen and oxygen atoms in total. The lowest BCUT2D eigenvalue weighted by molar-refractivity contribution is 0.415. The van der Waals surface area contributed by atoms with Crippen LogP contribution in [0.5, 0.6) is 5.75 Å². The summed E-state index contributed by atoms with van der Waals surface area (Å²) < 4.78 is 5.43. The molecule has 0 aliphatic carbocycles. The monoisotopic (exact) mass is 412 g/mol. The van der Waals surface area contributed by atoms with Crippen LogP contribution in [0.3, 0.4) is 0 Å². The van der Waals surface area contributed by atoms with E-state index in [1.807, 2.05) is 12.1 Å². The van der Waals surface area contributed by atoms with Crippen LogP contribution in [0.2, 0.25) is 0 Å². The van der Waals surface area contributed by atoms with Gasteiger partial charge in [0, 0.05) is 0 Å². The number of hydrogen-bond donors (Lipinski definition) is 0. The van der Waals surface area contributed by atoms with Crippen LogP contribution in [0.25, 0.3) is 21.9 Å². The molecule has 0 bridgehead atoms. The Balaban J connectivity index is 1.86. The zero-order chi connectivity index (χ0) is 21.8. The van der Waals surface area contributed by atoms with E-state index in [-0.39, 0.29) is 0 Å². The first kappa shape index (κ1) is 19.8. The second-order valence-electron chi connectivity index (χ2n) is 7.77. The highest BCUT2D eigenvalue weighted by Crippen LogP contribution is 2.38. The van der Waals surface area contributed by atoms with Gasteiger partial charge in [0.05, 0.1) is 7.11 Å². The molecule has 154 valence electrons. The van der Waals surface area contributed by atoms with Gasteiger partial charge in [-0.25, -0.2) is 0 Å². The van der Waals surface area contributed by atoms with Crippen molar-refractivity contribution in [1.82, 2.24) is 0 Å². The van der Waals surface area contributed by atoms with Gasteiger partial charge in [-0.1, -0.05) is 109 Å². The lowest BCUT2D eigenvalue weighted by Gasteiger charge is -2.19. The molecule has 0 spiro atoms. The number of fused-ring (bicyclic) bond motifs is 1. The van der Waals surface area contributed by atoms with Gasteiger partial charge in [-0.2, -0.15) is 0 Å². The summed E-state index contributed by atoms with van der Waals surface area (Å²) in [4.78, 5) is 0. The zero-order valence-corrected chi connectivity index (χ0v) is 18.0. The summed E-state index contributed by atoms with van der Waals surface area (Å²) in [6, 6.07) is 44.9. The standard InChI is InChI=1S/C31H24O/c1-32-29-20-18-26(19-21-29)31(28-17-16-23-10-8-9-15-27(23)22-28)30(24-11-4-2-5-12-24)25-13-6-3-7-14-25/h2-22H,1H3. The van der Waals surface area contributed by atoms with E-state index in [1.165, 1.54) is 38.6 Å². The van der Waals surface area contributed by atoms with Crippen molar-refractivity contribution >= 4 is 21.9 Å². The third-order valence-corrected chi connectivity index (χ3v) is 5.79. The van der Waals surface area contributed by atoms with Gasteiger partial charge in [-0.3, -0.25) is 0 Å². The topological polar surface area (TPSA) is 9.23 Å². The Kier molecular flexibility index (Phi) is 5.55. The van der Waals surface area contributed by atoms with Crippen molar-refractivity contribution in [3.63, 3.8) is 0 Å². The van der Waals surface area contributed by atoms with E-state index < -0.39 is 0 Å². The summed E-state index contributed by atoms with van der Waals surface area (Å²) in [6.45, 7) is 0. The molecule has 0 aliphatic rings. The Morgan fingerprint density at radius 2 is 0.906 bits per heavy atom. The van der Waals surface area contributed by atoms with E-state index in [0.29, 0.717) is 0 Å². The molecule has 5 aromatic carbocycles. The predicted octanol–water partition coefficient (Wildman–Crippen LogP) is 7.86. The second kappa shape index (κ2) is 8.95. The maximum atomic E-state index is 5.43. The summed E-state index contributed by atoms with van der Waals surface area (Å²) in [6.07, 6.45) is 0. The third kappa shape index (κ3) is 3.93. The molecule has 0 heterocycles. The number of ether oxygens (including phenoxy) is 1. The molecule has 0 amide bonds. The first-order chi connectivity index (χ1) is 15.8. The second-order valence-corrected chi connectivity index (χ2v) is 7.77. The minimum absolute atomic E-state index is 0.854. The van der Waals surface area contributed by atoms with Crippen LogP contribution in [-0.4, -0.2) is 7.11 Å². The van der Waals surface area contributed by atoms with Crippen molar-refractivity contribution in [3.8, 4) is 5.75 Å². The van der Waals surface area contributed by atoms with E-state index in [4.69, 9.17) is 4.74 Å². The fourth-order valence-corrected chi connectivity index (χ4v) is 4.22. The molecule has 0 N–H and O–H groups in total. The molecule has 0 aliphatic heterocycles. The SMILES string of the molecule is COc1ccc(C(=C(c2ccccc2)c2ccccc2)c2ccc3ccccc3c2)cc1. The minimum Gasteiger partial charge on any atom is -0.497 e. The molecule has 0 saturated heterocycles. The van der Waals surface area contributed by atoms with Gasteiger partial charge in [0.2, 0.25) is 0 Å². The van der Waals surface area contributed by atoms with E-state index in [2.05, 4.69) is 115 Å². The van der Waals surface area contributed by atoms with Crippen molar-refractivity contribution in [2.45, 2.75) is 0 Å². The normalized spacial score (nSPS) is 10.7. The average molecular weight is 413 g/mol. The van der Waals surface area contributed by atoms with Crippen LogP contribution in [0, 0.1) is 0 Å². The summed E-state index contributed by atoms with van der Waals surface area (Å²) in [5.41, 5.74) is 7.15. The van der Waals surface area contributed by atoms with Gasteiger partial charge in [0.25, 0.3) is 0 Å². The molecule has 0 radical (unpaired) electrons. The van der Waals surface area contributed by atoms with E-state index in [0.717, 1.165) is 11.3 Å². The Morgan fingerprint density at radius 3 is 1.50 bits per heavy atom. The minimum atomic E-state index is 0.854. The van der Waals surface area contributed by atoms with Crippen LogP contribution in [0.4, 0.5) is 0 Å². The summed E-state index contributed by atoms with van der Waals surface area (Å²) in [7, 11) is 1.70. The zero-order valence-electron chi connectivity index (χ0n) is 18.0. The fraction of sp³-hybridized carbons (Fsp3) is 0.0323. The smallest absolute Gasteiger partial charge is 0.118 e. The Morgan fingerprint density at radius 1 is 0.438 bits per heavy atom. The molecule has 0 aromatic heterocycles. The largest absolute Gasteiger partial charge is 0.497 e. The highest BCUT2D eigenvalue weighted by atomic mass is 16.5. The summed E-state index contributed by atoms with van der Waals surface area (Å²) >= 11 is 0. The van der Waals surface area contributed by atoms with Crippen molar-refractivity contribution in [2.24, 2.45) is 0 Å².